The molecule has 3 rings (SSSR count). The van der Waals surface area contributed by atoms with Gasteiger partial charge in [-0.2, -0.15) is 5.10 Å². The van der Waals surface area contributed by atoms with Crippen LogP contribution in [0.1, 0.15) is 25.0 Å². The minimum absolute atomic E-state index is 0.141. The molecule has 1 N–H and O–H groups in total. The van der Waals surface area contributed by atoms with Crippen molar-refractivity contribution >= 4 is 11.9 Å². The number of rotatable bonds is 5. The van der Waals surface area contributed by atoms with Crippen molar-refractivity contribution in [1.82, 2.24) is 24.9 Å². The number of amides is 1. The number of guanidine groups is 1. The average Bonchev–Trinajstić information content (AvgIpc) is 3.13. The summed E-state index contributed by atoms with van der Waals surface area (Å²) in [5, 5.41) is 7.81. The molecular formula is C20H28N6O. The smallest absolute Gasteiger partial charge is 0.219 e. The zero-order valence-electron chi connectivity index (χ0n) is 16.1. The van der Waals surface area contributed by atoms with Gasteiger partial charge in [-0.3, -0.25) is 9.48 Å². The summed E-state index contributed by atoms with van der Waals surface area (Å²) in [7, 11) is 0. The highest BCUT2D eigenvalue weighted by molar-refractivity contribution is 5.80. The minimum atomic E-state index is 0.141. The third kappa shape index (κ3) is 5.32. The van der Waals surface area contributed by atoms with Crippen LogP contribution in [0.2, 0.25) is 0 Å². The van der Waals surface area contributed by atoms with Gasteiger partial charge in [0.1, 0.15) is 0 Å². The lowest BCUT2D eigenvalue weighted by Gasteiger charge is -2.36. The molecule has 1 fully saturated rings. The van der Waals surface area contributed by atoms with E-state index in [0.717, 1.165) is 50.8 Å². The second-order valence-electron chi connectivity index (χ2n) is 6.70. The van der Waals surface area contributed by atoms with Gasteiger partial charge in [-0.15, -0.1) is 0 Å². The molecular weight excluding hydrogens is 340 g/mol. The molecule has 1 aliphatic heterocycles. The minimum Gasteiger partial charge on any atom is -0.357 e. The van der Waals surface area contributed by atoms with Crippen molar-refractivity contribution in [3.8, 4) is 0 Å². The molecule has 0 spiro atoms. The highest BCUT2D eigenvalue weighted by atomic mass is 16.2. The first kappa shape index (κ1) is 18.9. The second-order valence-corrected chi connectivity index (χ2v) is 6.70. The van der Waals surface area contributed by atoms with Gasteiger partial charge in [-0.25, -0.2) is 4.99 Å². The zero-order valence-corrected chi connectivity index (χ0v) is 16.1. The number of aliphatic imine (C=N–C) groups is 1. The van der Waals surface area contributed by atoms with Crippen molar-refractivity contribution < 1.29 is 4.79 Å². The van der Waals surface area contributed by atoms with Crippen molar-refractivity contribution in [3.05, 3.63) is 53.9 Å². The molecule has 0 unspecified atom stereocenters. The number of hydrogen-bond acceptors (Lipinski definition) is 3. The molecule has 1 aromatic heterocycles. The molecule has 0 aliphatic carbocycles. The Morgan fingerprint density at radius 3 is 2.48 bits per heavy atom. The molecule has 2 aromatic rings. The highest BCUT2D eigenvalue weighted by Gasteiger charge is 2.20. The first-order valence-electron chi connectivity index (χ1n) is 9.49. The van der Waals surface area contributed by atoms with E-state index in [-0.39, 0.29) is 5.91 Å². The molecule has 0 saturated carbocycles. The lowest BCUT2D eigenvalue weighted by Crippen LogP contribution is -2.53. The van der Waals surface area contributed by atoms with E-state index in [4.69, 9.17) is 4.99 Å². The Kier molecular flexibility index (Phi) is 6.46. The molecule has 0 bridgehead atoms. The van der Waals surface area contributed by atoms with Crippen LogP contribution in [0.3, 0.4) is 0 Å². The molecule has 1 amide bonds. The van der Waals surface area contributed by atoms with Crippen LogP contribution < -0.4 is 5.32 Å². The zero-order chi connectivity index (χ0) is 19.1. The van der Waals surface area contributed by atoms with E-state index in [0.29, 0.717) is 6.54 Å². The van der Waals surface area contributed by atoms with Gasteiger partial charge in [0.15, 0.2) is 5.96 Å². The van der Waals surface area contributed by atoms with Gasteiger partial charge in [-0.05, 0) is 12.5 Å². The summed E-state index contributed by atoms with van der Waals surface area (Å²) in [4.78, 5) is 20.4. The highest BCUT2D eigenvalue weighted by Crippen LogP contribution is 2.07. The van der Waals surface area contributed by atoms with E-state index in [1.54, 1.807) is 6.92 Å². The quantitative estimate of drug-likeness (QED) is 0.643. The van der Waals surface area contributed by atoms with Crippen molar-refractivity contribution in [2.45, 2.75) is 26.9 Å². The van der Waals surface area contributed by atoms with Crippen molar-refractivity contribution in [1.29, 1.82) is 0 Å². The maximum atomic E-state index is 11.5. The SMILES string of the molecule is CCNC(=NCc1cnn(Cc2ccccc2)c1)N1CCN(C(C)=O)CC1. The summed E-state index contributed by atoms with van der Waals surface area (Å²) in [6, 6.07) is 10.3. The van der Waals surface area contributed by atoms with E-state index in [1.165, 1.54) is 5.56 Å². The molecule has 1 aliphatic rings. The summed E-state index contributed by atoms with van der Waals surface area (Å²) in [6.07, 6.45) is 3.93. The predicted octanol–water partition coefficient (Wildman–Crippen LogP) is 1.56. The van der Waals surface area contributed by atoms with Gasteiger partial charge < -0.3 is 15.1 Å². The van der Waals surface area contributed by atoms with Gasteiger partial charge in [0.25, 0.3) is 0 Å². The number of benzene rings is 1. The number of nitrogens with zero attached hydrogens (tertiary/aromatic N) is 5. The number of hydrogen-bond donors (Lipinski definition) is 1. The molecule has 144 valence electrons. The second kappa shape index (κ2) is 9.21. The number of carbonyl (C=O) groups excluding carboxylic acids is 1. The number of piperazine rings is 1. The van der Waals surface area contributed by atoms with Crippen molar-refractivity contribution in [2.24, 2.45) is 4.99 Å². The maximum absolute atomic E-state index is 11.5. The summed E-state index contributed by atoms with van der Waals surface area (Å²) in [6.45, 7) is 8.96. The third-order valence-electron chi connectivity index (χ3n) is 4.64. The molecule has 0 radical (unpaired) electrons. The van der Waals surface area contributed by atoms with Crippen LogP contribution in [-0.2, 0) is 17.9 Å². The summed E-state index contributed by atoms with van der Waals surface area (Å²) in [5.41, 5.74) is 2.32. The number of nitrogens with one attached hydrogen (secondary N) is 1. The lowest BCUT2D eigenvalue weighted by atomic mass is 10.2. The Hall–Kier alpha value is -2.83. The van der Waals surface area contributed by atoms with Gasteiger partial charge >= 0.3 is 0 Å². The fourth-order valence-electron chi connectivity index (χ4n) is 3.17. The fraction of sp³-hybridized carbons (Fsp3) is 0.450. The third-order valence-corrected chi connectivity index (χ3v) is 4.64. The Balaban J connectivity index is 1.59. The molecule has 27 heavy (non-hydrogen) atoms. The first-order valence-corrected chi connectivity index (χ1v) is 9.49. The number of aromatic nitrogens is 2. The normalized spacial score (nSPS) is 15.1. The van der Waals surface area contributed by atoms with Gasteiger partial charge in [-0.1, -0.05) is 30.3 Å². The van der Waals surface area contributed by atoms with E-state index in [2.05, 4.69) is 34.4 Å². The van der Waals surface area contributed by atoms with Gasteiger partial charge in [0.2, 0.25) is 5.91 Å². The summed E-state index contributed by atoms with van der Waals surface area (Å²) >= 11 is 0. The Labute approximate surface area is 160 Å². The Morgan fingerprint density at radius 1 is 1.11 bits per heavy atom. The van der Waals surface area contributed by atoms with E-state index < -0.39 is 0 Å². The van der Waals surface area contributed by atoms with Gasteiger partial charge in [0, 0.05) is 51.4 Å². The van der Waals surface area contributed by atoms with Crippen LogP contribution in [0.15, 0.2) is 47.7 Å². The molecule has 2 heterocycles. The van der Waals surface area contributed by atoms with Crippen molar-refractivity contribution in [2.75, 3.05) is 32.7 Å². The fourth-order valence-corrected chi connectivity index (χ4v) is 3.17. The topological polar surface area (TPSA) is 65.8 Å². The van der Waals surface area contributed by atoms with Crippen LogP contribution in [0.4, 0.5) is 0 Å². The van der Waals surface area contributed by atoms with Gasteiger partial charge in [0.05, 0.1) is 19.3 Å². The monoisotopic (exact) mass is 368 g/mol. The summed E-state index contributed by atoms with van der Waals surface area (Å²) in [5.74, 6) is 1.04. The van der Waals surface area contributed by atoms with Crippen LogP contribution in [0, 0.1) is 0 Å². The number of carbonyl (C=O) groups is 1. The predicted molar refractivity (Wildman–Crippen MR) is 106 cm³/mol. The molecule has 1 aromatic carbocycles. The summed E-state index contributed by atoms with van der Waals surface area (Å²) < 4.78 is 1.94. The van der Waals surface area contributed by atoms with Crippen molar-refractivity contribution in [3.63, 3.8) is 0 Å². The standard InChI is InChI=1S/C20H28N6O/c1-3-21-20(25-11-9-24(10-12-25)17(2)27)22-13-19-14-23-26(16-19)15-18-7-5-4-6-8-18/h4-8,14,16H,3,9-13,15H2,1-2H3,(H,21,22). The lowest BCUT2D eigenvalue weighted by molar-refractivity contribution is -0.130. The van der Waals surface area contributed by atoms with Crippen LogP contribution in [-0.4, -0.2) is 64.2 Å². The largest absolute Gasteiger partial charge is 0.357 e. The molecule has 1 saturated heterocycles. The first-order chi connectivity index (χ1) is 13.2. The van der Waals surface area contributed by atoms with E-state index >= 15 is 0 Å². The van der Waals surface area contributed by atoms with Crippen LogP contribution in [0.25, 0.3) is 0 Å². The Bertz CT molecular complexity index is 762. The van der Waals surface area contributed by atoms with Crippen LogP contribution in [0.5, 0.6) is 0 Å². The maximum Gasteiger partial charge on any atom is 0.219 e. The molecule has 0 atom stereocenters. The molecule has 7 nitrogen and oxygen atoms in total. The van der Waals surface area contributed by atoms with E-state index in [9.17, 15) is 4.79 Å². The van der Waals surface area contributed by atoms with E-state index in [1.807, 2.05) is 40.2 Å². The Morgan fingerprint density at radius 2 is 1.81 bits per heavy atom. The average molecular weight is 368 g/mol. The van der Waals surface area contributed by atoms with Crippen LogP contribution >= 0.6 is 0 Å². The molecule has 7 heteroatoms.